The van der Waals surface area contributed by atoms with Crippen LogP contribution >= 0.6 is 23.6 Å². The fourth-order valence-electron chi connectivity index (χ4n) is 3.63. The van der Waals surface area contributed by atoms with E-state index in [-0.39, 0.29) is 0 Å². The molecule has 3 aromatic rings. The van der Waals surface area contributed by atoms with E-state index in [0.29, 0.717) is 6.04 Å². The van der Waals surface area contributed by atoms with E-state index in [4.69, 9.17) is 17.0 Å². The van der Waals surface area contributed by atoms with E-state index in [9.17, 15) is 0 Å². The number of hydrogen-bond acceptors (Lipinski definition) is 3. The average Bonchev–Trinajstić information content (AvgIpc) is 3.38. The minimum Gasteiger partial charge on any atom is -0.497 e. The maximum absolute atomic E-state index is 5.73. The van der Waals surface area contributed by atoms with Crippen LogP contribution in [0.3, 0.4) is 0 Å². The number of imidazole rings is 1. The van der Waals surface area contributed by atoms with Crippen LogP contribution in [-0.2, 0) is 6.67 Å². The van der Waals surface area contributed by atoms with Crippen molar-refractivity contribution in [2.75, 3.05) is 13.7 Å². The molecule has 0 spiro atoms. The van der Waals surface area contributed by atoms with Crippen molar-refractivity contribution in [2.24, 2.45) is 0 Å². The molecule has 1 aliphatic rings. The lowest BCUT2D eigenvalue weighted by atomic mass is 10.2. The Balaban J connectivity index is 1.55. The number of methoxy groups -OCH3 is 1. The van der Waals surface area contributed by atoms with E-state index < -0.39 is 0 Å². The molecule has 1 N–H and O–H groups in total. The SMILES string of the molecule is COc1ccc(-n2ccn(C[NH+]3CCC[C@@H]3c3cccs3)c2=S)cc1. The molecule has 1 unspecified atom stereocenters. The van der Waals surface area contributed by atoms with Crippen molar-refractivity contribution in [2.45, 2.75) is 25.6 Å². The standard InChI is InChI=1S/C19H21N3OS2/c1-23-16-8-6-15(7-9-16)22-12-11-21(19(22)24)14-20-10-2-4-17(20)18-5-3-13-25-18/h3,5-9,11-13,17H,2,4,10,14H2,1H3/p+1/t17-/m1/s1. The van der Waals surface area contributed by atoms with Gasteiger partial charge in [-0.1, -0.05) is 6.07 Å². The monoisotopic (exact) mass is 372 g/mol. The Bertz CT molecular complexity index is 880. The van der Waals surface area contributed by atoms with Crippen LogP contribution in [0.4, 0.5) is 0 Å². The third-order valence-corrected chi connectivity index (χ3v) is 6.36. The third-order valence-electron chi connectivity index (χ3n) is 4.94. The molecular formula is C19H22N3OS2+. The molecule has 2 aromatic heterocycles. The number of nitrogens with one attached hydrogen (secondary N) is 1. The maximum atomic E-state index is 5.73. The van der Waals surface area contributed by atoms with Crippen molar-refractivity contribution >= 4 is 23.6 Å². The summed E-state index contributed by atoms with van der Waals surface area (Å²) in [6.07, 6.45) is 6.70. The van der Waals surface area contributed by atoms with Crippen LogP contribution in [0.15, 0.2) is 54.2 Å². The molecule has 0 radical (unpaired) electrons. The van der Waals surface area contributed by atoms with Gasteiger partial charge in [-0.15, -0.1) is 11.3 Å². The fraction of sp³-hybridized carbons (Fsp3) is 0.316. The van der Waals surface area contributed by atoms with Gasteiger partial charge in [-0.3, -0.25) is 9.13 Å². The summed E-state index contributed by atoms with van der Waals surface area (Å²) in [5.41, 5.74) is 1.07. The van der Waals surface area contributed by atoms with Crippen LogP contribution in [0.1, 0.15) is 23.8 Å². The number of benzene rings is 1. The van der Waals surface area contributed by atoms with Crippen LogP contribution in [0, 0.1) is 4.77 Å². The summed E-state index contributed by atoms with van der Waals surface area (Å²) < 4.78 is 10.3. The lowest BCUT2D eigenvalue weighted by Crippen LogP contribution is -3.09. The lowest BCUT2D eigenvalue weighted by molar-refractivity contribution is -0.940. The number of aromatic nitrogens is 2. The number of thiophene rings is 1. The second kappa shape index (κ2) is 7.15. The molecule has 1 aliphatic heterocycles. The molecule has 1 aromatic carbocycles. The summed E-state index contributed by atoms with van der Waals surface area (Å²) in [6, 6.07) is 13.0. The first-order chi connectivity index (χ1) is 12.3. The van der Waals surface area contributed by atoms with Gasteiger partial charge in [-0.2, -0.15) is 0 Å². The number of quaternary nitrogens is 1. The minimum absolute atomic E-state index is 0.603. The van der Waals surface area contributed by atoms with E-state index in [0.717, 1.165) is 22.9 Å². The molecule has 0 bridgehead atoms. The van der Waals surface area contributed by atoms with Crippen molar-refractivity contribution in [3.05, 3.63) is 63.8 Å². The number of hydrogen-bond donors (Lipinski definition) is 1. The molecule has 3 heterocycles. The Hall–Kier alpha value is -1.89. The maximum Gasteiger partial charge on any atom is 0.188 e. The second-order valence-corrected chi connectivity index (χ2v) is 7.74. The molecule has 130 valence electrons. The zero-order valence-corrected chi connectivity index (χ0v) is 15.9. The van der Waals surface area contributed by atoms with Gasteiger partial charge in [0, 0.05) is 30.9 Å². The van der Waals surface area contributed by atoms with Crippen molar-refractivity contribution < 1.29 is 9.64 Å². The zero-order chi connectivity index (χ0) is 17.2. The molecule has 4 rings (SSSR count). The number of likely N-dealkylation sites (tertiary alicyclic amines) is 1. The van der Waals surface area contributed by atoms with E-state index in [1.807, 2.05) is 35.6 Å². The van der Waals surface area contributed by atoms with Gasteiger partial charge in [0.05, 0.1) is 18.5 Å². The molecule has 0 aliphatic carbocycles. The topological polar surface area (TPSA) is 23.5 Å². The highest BCUT2D eigenvalue weighted by atomic mass is 32.1. The summed E-state index contributed by atoms with van der Waals surface area (Å²) >= 11 is 7.60. The Labute approximate surface area is 156 Å². The third kappa shape index (κ3) is 3.29. The van der Waals surface area contributed by atoms with Gasteiger partial charge in [-0.05, 0) is 47.9 Å². The van der Waals surface area contributed by atoms with E-state index in [1.165, 1.54) is 24.3 Å². The van der Waals surface area contributed by atoms with Gasteiger partial charge >= 0.3 is 0 Å². The molecule has 6 heteroatoms. The Morgan fingerprint density at radius 2 is 2.08 bits per heavy atom. The van der Waals surface area contributed by atoms with Crippen molar-refractivity contribution in [3.63, 3.8) is 0 Å². The molecule has 1 saturated heterocycles. The summed E-state index contributed by atoms with van der Waals surface area (Å²) in [6.45, 7) is 2.13. The lowest BCUT2D eigenvalue weighted by Gasteiger charge is -2.21. The van der Waals surface area contributed by atoms with Crippen LogP contribution in [0.5, 0.6) is 5.75 Å². The highest BCUT2D eigenvalue weighted by Crippen LogP contribution is 2.23. The van der Waals surface area contributed by atoms with Gasteiger partial charge in [-0.25, -0.2) is 0 Å². The summed E-state index contributed by atoms with van der Waals surface area (Å²) in [5, 5.41) is 2.18. The van der Waals surface area contributed by atoms with Gasteiger partial charge in [0.1, 0.15) is 11.8 Å². The van der Waals surface area contributed by atoms with Crippen LogP contribution in [0.25, 0.3) is 5.69 Å². The predicted octanol–water partition coefficient (Wildman–Crippen LogP) is 3.46. The van der Waals surface area contributed by atoms with Gasteiger partial charge in [0.25, 0.3) is 0 Å². The Morgan fingerprint density at radius 1 is 1.24 bits per heavy atom. The van der Waals surface area contributed by atoms with E-state index >= 15 is 0 Å². The summed E-state index contributed by atoms with van der Waals surface area (Å²) in [4.78, 5) is 3.10. The van der Waals surface area contributed by atoms with Crippen LogP contribution < -0.4 is 9.64 Å². The van der Waals surface area contributed by atoms with Crippen LogP contribution in [-0.4, -0.2) is 22.8 Å². The largest absolute Gasteiger partial charge is 0.497 e. The highest BCUT2D eigenvalue weighted by Gasteiger charge is 2.30. The number of rotatable bonds is 5. The molecule has 0 saturated carbocycles. The molecule has 0 amide bonds. The molecule has 25 heavy (non-hydrogen) atoms. The molecular weight excluding hydrogens is 350 g/mol. The molecule has 2 atom stereocenters. The second-order valence-electron chi connectivity index (χ2n) is 6.40. The first kappa shape index (κ1) is 16.6. The first-order valence-corrected chi connectivity index (χ1v) is 9.85. The van der Waals surface area contributed by atoms with Crippen molar-refractivity contribution in [3.8, 4) is 11.4 Å². The van der Waals surface area contributed by atoms with Gasteiger partial charge in [0.2, 0.25) is 0 Å². The quantitative estimate of drug-likeness (QED) is 0.694. The normalized spacial score (nSPS) is 20.0. The number of nitrogens with zero attached hydrogens (tertiary/aromatic N) is 2. The summed E-state index contributed by atoms with van der Waals surface area (Å²) in [7, 11) is 1.68. The van der Waals surface area contributed by atoms with Gasteiger partial charge < -0.3 is 9.64 Å². The summed E-state index contributed by atoms with van der Waals surface area (Å²) in [5.74, 6) is 0.856. The molecule has 1 fully saturated rings. The van der Waals surface area contributed by atoms with Crippen LogP contribution in [0.2, 0.25) is 0 Å². The average molecular weight is 373 g/mol. The fourth-order valence-corrected chi connectivity index (χ4v) is 4.84. The van der Waals surface area contributed by atoms with E-state index in [1.54, 1.807) is 12.0 Å². The van der Waals surface area contributed by atoms with Crippen molar-refractivity contribution in [1.29, 1.82) is 0 Å². The smallest absolute Gasteiger partial charge is 0.188 e. The van der Waals surface area contributed by atoms with Gasteiger partial charge in [0.15, 0.2) is 11.4 Å². The molecule has 4 nitrogen and oxygen atoms in total. The van der Waals surface area contributed by atoms with Crippen molar-refractivity contribution in [1.82, 2.24) is 9.13 Å². The predicted molar refractivity (Wildman–Crippen MR) is 103 cm³/mol. The first-order valence-electron chi connectivity index (χ1n) is 8.56. The highest BCUT2D eigenvalue weighted by molar-refractivity contribution is 7.71. The Morgan fingerprint density at radius 3 is 2.80 bits per heavy atom. The Kier molecular flexibility index (Phi) is 4.74. The minimum atomic E-state index is 0.603. The zero-order valence-electron chi connectivity index (χ0n) is 14.2. The number of ether oxygens (including phenoxy) is 1. The van der Waals surface area contributed by atoms with E-state index in [2.05, 4.69) is 39.0 Å².